The normalized spacial score (nSPS) is 16.2. The second kappa shape index (κ2) is 3.84. The average Bonchev–Trinajstić information content (AvgIpc) is 2.96. The van der Waals surface area contributed by atoms with Gasteiger partial charge in [0.2, 0.25) is 0 Å². The summed E-state index contributed by atoms with van der Waals surface area (Å²) in [6.07, 6.45) is 4.45. The summed E-state index contributed by atoms with van der Waals surface area (Å²) in [5, 5.41) is 0. The Morgan fingerprint density at radius 1 is 1.69 bits per heavy atom. The number of nitrogens with zero attached hydrogens (tertiary/aromatic N) is 2. The highest BCUT2D eigenvalue weighted by Crippen LogP contribution is 2.39. The molecule has 1 aromatic rings. The van der Waals surface area contributed by atoms with E-state index in [-0.39, 0.29) is 12.6 Å². The lowest BCUT2D eigenvalue weighted by Crippen LogP contribution is -2.31. The maximum atomic E-state index is 13.7. The van der Waals surface area contributed by atoms with E-state index in [4.69, 9.17) is 0 Å². The van der Waals surface area contributed by atoms with Gasteiger partial charge >= 0.3 is 11.9 Å². The number of alkyl halides is 2. The number of aromatic nitrogens is 2. The Balaban J connectivity index is 2.27. The van der Waals surface area contributed by atoms with Crippen LogP contribution in [0.15, 0.2) is 12.4 Å². The lowest BCUT2D eigenvalue weighted by Gasteiger charge is -2.15. The molecule has 0 saturated heterocycles. The number of hydrogen-bond donors (Lipinski definition) is 0. The molecule has 0 spiro atoms. The smallest absolute Gasteiger partial charge is 0.399 e. The summed E-state index contributed by atoms with van der Waals surface area (Å²) < 4.78 is 33.0. The molecule has 2 rings (SSSR count). The molecule has 0 unspecified atom stereocenters. The van der Waals surface area contributed by atoms with Crippen LogP contribution >= 0.6 is 0 Å². The molecule has 88 valence electrons. The number of halogens is 2. The number of esters is 1. The minimum absolute atomic E-state index is 0.0535. The Morgan fingerprint density at radius 3 is 2.94 bits per heavy atom. The fourth-order valence-corrected chi connectivity index (χ4v) is 1.52. The van der Waals surface area contributed by atoms with Gasteiger partial charge in [-0.1, -0.05) is 0 Å². The largest absolute Gasteiger partial charge is 0.461 e. The Bertz CT molecular complexity index is 399. The van der Waals surface area contributed by atoms with Gasteiger partial charge in [-0.15, -0.1) is 0 Å². The fraction of sp³-hybridized carbons (Fsp3) is 0.600. The zero-order chi connectivity index (χ0) is 11.8. The summed E-state index contributed by atoms with van der Waals surface area (Å²) in [6.45, 7) is 1.42. The number of imidazole rings is 1. The van der Waals surface area contributed by atoms with Crippen molar-refractivity contribution < 1.29 is 18.3 Å². The predicted octanol–water partition coefficient (Wildman–Crippen LogP) is 1.87. The van der Waals surface area contributed by atoms with Crippen LogP contribution in [-0.2, 0) is 15.5 Å². The van der Waals surface area contributed by atoms with Gasteiger partial charge in [-0.3, -0.25) is 0 Å². The lowest BCUT2D eigenvalue weighted by molar-refractivity contribution is -0.174. The van der Waals surface area contributed by atoms with Gasteiger partial charge in [0.25, 0.3) is 0 Å². The third-order valence-corrected chi connectivity index (χ3v) is 2.42. The first-order chi connectivity index (χ1) is 7.57. The van der Waals surface area contributed by atoms with Crippen molar-refractivity contribution in [3.8, 4) is 0 Å². The SMILES string of the molecule is CCOC(=O)C(F)(F)c1nccn1C1CC1. The lowest BCUT2D eigenvalue weighted by atomic mass is 10.3. The van der Waals surface area contributed by atoms with Gasteiger partial charge in [0.1, 0.15) is 0 Å². The second-order valence-corrected chi connectivity index (χ2v) is 3.68. The molecule has 0 N–H and O–H groups in total. The van der Waals surface area contributed by atoms with Gasteiger partial charge in [-0.05, 0) is 19.8 Å². The molecule has 0 aromatic carbocycles. The number of hydrogen-bond acceptors (Lipinski definition) is 3. The summed E-state index contributed by atoms with van der Waals surface area (Å²) in [4.78, 5) is 14.7. The van der Waals surface area contributed by atoms with Crippen LogP contribution in [0.4, 0.5) is 8.78 Å². The first-order valence-corrected chi connectivity index (χ1v) is 5.15. The molecule has 0 radical (unpaired) electrons. The van der Waals surface area contributed by atoms with Crippen LogP contribution in [0.1, 0.15) is 31.6 Å². The van der Waals surface area contributed by atoms with E-state index in [0.717, 1.165) is 12.8 Å². The van der Waals surface area contributed by atoms with Crippen molar-refractivity contribution in [3.05, 3.63) is 18.2 Å². The van der Waals surface area contributed by atoms with E-state index in [1.165, 1.54) is 23.9 Å². The number of carbonyl (C=O) groups excluding carboxylic acids is 1. The van der Waals surface area contributed by atoms with Crippen LogP contribution in [0.2, 0.25) is 0 Å². The topological polar surface area (TPSA) is 44.1 Å². The Labute approximate surface area is 91.2 Å². The van der Waals surface area contributed by atoms with Crippen LogP contribution in [0.25, 0.3) is 0 Å². The summed E-state index contributed by atoms with van der Waals surface area (Å²) in [6, 6.07) is 0.0535. The van der Waals surface area contributed by atoms with Crippen molar-refractivity contribution in [2.45, 2.75) is 31.7 Å². The molecular formula is C10H12F2N2O2. The number of carbonyl (C=O) groups is 1. The van der Waals surface area contributed by atoms with Gasteiger partial charge < -0.3 is 9.30 Å². The van der Waals surface area contributed by atoms with Gasteiger partial charge in [0, 0.05) is 18.4 Å². The fourth-order valence-electron chi connectivity index (χ4n) is 1.52. The van der Waals surface area contributed by atoms with Crippen molar-refractivity contribution in [1.82, 2.24) is 9.55 Å². The van der Waals surface area contributed by atoms with E-state index in [0.29, 0.717) is 0 Å². The molecule has 0 atom stereocenters. The molecule has 1 saturated carbocycles. The molecule has 1 heterocycles. The van der Waals surface area contributed by atoms with Gasteiger partial charge in [-0.2, -0.15) is 8.78 Å². The summed E-state index contributed by atoms with van der Waals surface area (Å²) in [5.74, 6) is -5.72. The Kier molecular flexibility index (Phi) is 2.65. The molecule has 4 nitrogen and oxygen atoms in total. The number of ether oxygens (including phenoxy) is 1. The molecule has 0 amide bonds. The molecule has 1 aliphatic carbocycles. The third kappa shape index (κ3) is 1.79. The molecule has 1 aromatic heterocycles. The van der Waals surface area contributed by atoms with Crippen LogP contribution in [0.5, 0.6) is 0 Å². The van der Waals surface area contributed by atoms with Crippen molar-refractivity contribution in [2.75, 3.05) is 6.61 Å². The van der Waals surface area contributed by atoms with Crippen molar-refractivity contribution in [3.63, 3.8) is 0 Å². The second-order valence-electron chi connectivity index (χ2n) is 3.68. The third-order valence-electron chi connectivity index (χ3n) is 2.42. The summed E-state index contributed by atoms with van der Waals surface area (Å²) in [5.41, 5.74) is 0. The molecule has 0 bridgehead atoms. The highest BCUT2D eigenvalue weighted by molar-refractivity contribution is 5.78. The molecule has 0 aliphatic heterocycles. The minimum Gasteiger partial charge on any atom is -0.461 e. The van der Waals surface area contributed by atoms with Crippen molar-refractivity contribution in [1.29, 1.82) is 0 Å². The zero-order valence-corrected chi connectivity index (χ0v) is 8.82. The van der Waals surface area contributed by atoms with Gasteiger partial charge in [-0.25, -0.2) is 9.78 Å². The van der Waals surface area contributed by atoms with Crippen molar-refractivity contribution >= 4 is 5.97 Å². The van der Waals surface area contributed by atoms with E-state index < -0.39 is 17.7 Å². The molecule has 1 fully saturated rings. The average molecular weight is 230 g/mol. The quantitative estimate of drug-likeness (QED) is 0.742. The van der Waals surface area contributed by atoms with E-state index >= 15 is 0 Å². The summed E-state index contributed by atoms with van der Waals surface area (Å²) in [7, 11) is 0. The molecule has 6 heteroatoms. The van der Waals surface area contributed by atoms with Gasteiger partial charge in [0.15, 0.2) is 5.82 Å². The Hall–Kier alpha value is -1.46. The molecular weight excluding hydrogens is 218 g/mol. The summed E-state index contributed by atoms with van der Waals surface area (Å²) >= 11 is 0. The number of rotatable bonds is 4. The van der Waals surface area contributed by atoms with Crippen LogP contribution in [0, 0.1) is 0 Å². The maximum absolute atomic E-state index is 13.7. The van der Waals surface area contributed by atoms with Crippen LogP contribution < -0.4 is 0 Å². The standard InChI is InChI=1S/C10H12F2N2O2/c1-2-16-9(15)10(11,12)8-13-5-6-14(8)7-3-4-7/h5-7H,2-4H2,1H3. The highest BCUT2D eigenvalue weighted by atomic mass is 19.3. The van der Waals surface area contributed by atoms with E-state index in [1.54, 1.807) is 0 Å². The first-order valence-electron chi connectivity index (χ1n) is 5.15. The van der Waals surface area contributed by atoms with E-state index in [2.05, 4.69) is 9.72 Å². The highest BCUT2D eigenvalue weighted by Gasteiger charge is 2.48. The van der Waals surface area contributed by atoms with Crippen molar-refractivity contribution in [2.24, 2.45) is 0 Å². The van der Waals surface area contributed by atoms with Crippen LogP contribution in [-0.4, -0.2) is 22.1 Å². The predicted molar refractivity (Wildman–Crippen MR) is 51.0 cm³/mol. The first kappa shape index (κ1) is 11.0. The zero-order valence-electron chi connectivity index (χ0n) is 8.82. The van der Waals surface area contributed by atoms with E-state index in [1.807, 2.05) is 0 Å². The van der Waals surface area contributed by atoms with Crippen LogP contribution in [0.3, 0.4) is 0 Å². The Morgan fingerprint density at radius 2 is 2.38 bits per heavy atom. The minimum atomic E-state index is -3.66. The molecule has 16 heavy (non-hydrogen) atoms. The monoisotopic (exact) mass is 230 g/mol. The maximum Gasteiger partial charge on any atom is 0.399 e. The molecule has 1 aliphatic rings. The van der Waals surface area contributed by atoms with E-state index in [9.17, 15) is 13.6 Å². The van der Waals surface area contributed by atoms with Gasteiger partial charge in [0.05, 0.1) is 6.61 Å².